The van der Waals surface area contributed by atoms with Crippen molar-refractivity contribution in [2.24, 2.45) is 10.2 Å². The molecule has 3 aromatic carbocycles. The number of hydrogen-bond acceptors (Lipinski definition) is 13. The Morgan fingerprint density at radius 1 is 0.674 bits per heavy atom. The van der Waals surface area contributed by atoms with Crippen LogP contribution in [0.15, 0.2) is 92.8 Å². The van der Waals surface area contributed by atoms with Crippen LogP contribution in [0.1, 0.15) is 25.0 Å². The van der Waals surface area contributed by atoms with Gasteiger partial charge < -0.3 is 14.8 Å². The summed E-state index contributed by atoms with van der Waals surface area (Å²) in [5.41, 5.74) is 9.04. The molecular formula is C29H31N9O6S2. The van der Waals surface area contributed by atoms with Gasteiger partial charge in [0.1, 0.15) is 0 Å². The van der Waals surface area contributed by atoms with Gasteiger partial charge in [0.2, 0.25) is 32.8 Å². The van der Waals surface area contributed by atoms with Gasteiger partial charge in [-0.05, 0) is 75.5 Å². The summed E-state index contributed by atoms with van der Waals surface area (Å²) in [4.78, 5) is 9.32. The van der Waals surface area contributed by atoms with Gasteiger partial charge in [-0.1, -0.05) is 24.3 Å². The first-order valence-corrected chi connectivity index (χ1v) is 16.7. The van der Waals surface area contributed by atoms with Crippen molar-refractivity contribution in [3.8, 4) is 11.5 Å². The van der Waals surface area contributed by atoms with E-state index in [2.05, 4.69) is 45.8 Å². The van der Waals surface area contributed by atoms with Crippen molar-refractivity contribution in [3.63, 3.8) is 0 Å². The van der Waals surface area contributed by atoms with E-state index in [-0.39, 0.29) is 22.5 Å². The molecule has 2 heterocycles. The van der Waals surface area contributed by atoms with Gasteiger partial charge >= 0.3 is 0 Å². The molecular weight excluding hydrogens is 635 g/mol. The van der Waals surface area contributed by atoms with Crippen LogP contribution < -0.4 is 35.1 Å². The molecule has 5 N–H and O–H groups in total. The first-order valence-electron chi connectivity index (χ1n) is 13.7. The molecule has 0 saturated carbocycles. The highest BCUT2D eigenvalue weighted by Crippen LogP contribution is 2.35. The molecule has 0 unspecified atom stereocenters. The zero-order chi connectivity index (χ0) is 32.9. The maximum Gasteiger partial charge on any atom is 0.240 e. The lowest BCUT2D eigenvalue weighted by molar-refractivity contribution is 0.174. The quantitative estimate of drug-likeness (QED) is 0.110. The predicted octanol–water partition coefficient (Wildman–Crippen LogP) is 3.44. The summed E-state index contributed by atoms with van der Waals surface area (Å²) in [7, 11) is -4.42. The Morgan fingerprint density at radius 3 is 1.63 bits per heavy atom. The van der Waals surface area contributed by atoms with E-state index in [1.54, 1.807) is 62.4 Å². The summed E-state index contributed by atoms with van der Waals surface area (Å²) in [5, 5.41) is 12.0. The number of ether oxygens (including phenoxy) is 2. The van der Waals surface area contributed by atoms with E-state index < -0.39 is 20.0 Å². The van der Waals surface area contributed by atoms with Crippen molar-refractivity contribution in [1.82, 2.24) is 19.4 Å². The number of fused-ring (bicyclic) bond motifs is 1. The Balaban J connectivity index is 1.39. The van der Waals surface area contributed by atoms with Gasteiger partial charge in [-0.15, -0.1) is 0 Å². The van der Waals surface area contributed by atoms with E-state index in [0.29, 0.717) is 51.4 Å². The lowest BCUT2D eigenvalue weighted by atomic mass is 10.1. The second kappa shape index (κ2) is 13.5. The molecule has 0 amide bonds. The first-order chi connectivity index (χ1) is 22.0. The molecule has 15 nitrogen and oxygen atoms in total. The average molecular weight is 666 g/mol. The van der Waals surface area contributed by atoms with Crippen LogP contribution in [-0.2, 0) is 20.0 Å². The van der Waals surface area contributed by atoms with E-state index in [1.165, 1.54) is 38.4 Å². The standard InChI is InChI=1S/C29H31N9O6S2/c1-18(20-5-10-23(11-6-20)45(39,40)30-3)35-37-27-16-28(34-29(33-27)32-22-9-14-25-26(15-22)44-17-43-25)38-36-19(2)21-7-12-24(13-8-21)46(41,42)31-4/h5-16,30-31H,17H2,1-4H3,(H3,32,33,34,37,38). The Morgan fingerprint density at radius 2 is 1.15 bits per heavy atom. The normalized spacial score (nSPS) is 13.4. The number of sulfonamides is 2. The largest absolute Gasteiger partial charge is 0.454 e. The van der Waals surface area contributed by atoms with Crippen molar-refractivity contribution >= 4 is 54.7 Å². The minimum Gasteiger partial charge on any atom is -0.454 e. The molecule has 1 aliphatic rings. The molecule has 0 radical (unpaired) electrons. The summed E-state index contributed by atoms with van der Waals surface area (Å²) >= 11 is 0. The summed E-state index contributed by atoms with van der Waals surface area (Å²) in [6, 6.07) is 19.5. The highest BCUT2D eigenvalue weighted by Gasteiger charge is 2.15. The van der Waals surface area contributed by atoms with Crippen LogP contribution in [0.5, 0.6) is 11.5 Å². The van der Waals surface area contributed by atoms with E-state index in [0.717, 1.165) is 0 Å². The van der Waals surface area contributed by atoms with Gasteiger partial charge in [0.05, 0.1) is 21.2 Å². The number of anilines is 4. The van der Waals surface area contributed by atoms with Crippen LogP contribution in [0.4, 0.5) is 23.3 Å². The molecule has 0 spiro atoms. The zero-order valence-electron chi connectivity index (χ0n) is 25.2. The van der Waals surface area contributed by atoms with Crippen LogP contribution in [0, 0.1) is 0 Å². The number of nitrogens with zero attached hydrogens (tertiary/aromatic N) is 4. The number of hydrogen-bond donors (Lipinski definition) is 5. The summed E-state index contributed by atoms with van der Waals surface area (Å²) in [5.74, 6) is 2.08. The highest BCUT2D eigenvalue weighted by molar-refractivity contribution is 7.89. The van der Waals surface area contributed by atoms with Crippen molar-refractivity contribution in [3.05, 3.63) is 83.9 Å². The maximum atomic E-state index is 12.1. The third-order valence-corrected chi connectivity index (χ3v) is 9.59. The van der Waals surface area contributed by atoms with Crippen LogP contribution >= 0.6 is 0 Å². The molecule has 1 aliphatic heterocycles. The van der Waals surface area contributed by atoms with Crippen LogP contribution in [-0.4, -0.2) is 59.1 Å². The summed E-state index contributed by atoms with van der Waals surface area (Å²) < 4.78 is 63.6. The van der Waals surface area contributed by atoms with Gasteiger partial charge in [0, 0.05) is 17.8 Å². The molecule has 4 aromatic rings. The average Bonchev–Trinajstić information content (AvgIpc) is 3.54. The molecule has 0 atom stereocenters. The van der Waals surface area contributed by atoms with Gasteiger partial charge in [-0.3, -0.25) is 10.9 Å². The third-order valence-electron chi connectivity index (χ3n) is 6.73. The second-order valence-corrected chi connectivity index (χ2v) is 13.5. The molecule has 1 aromatic heterocycles. The molecule has 0 saturated heterocycles. The summed E-state index contributed by atoms with van der Waals surface area (Å²) in [6.07, 6.45) is 0. The topological polar surface area (TPSA) is 197 Å². The lowest BCUT2D eigenvalue weighted by Gasteiger charge is -2.11. The van der Waals surface area contributed by atoms with E-state index >= 15 is 0 Å². The van der Waals surface area contributed by atoms with Gasteiger partial charge in [0.15, 0.2) is 23.1 Å². The van der Waals surface area contributed by atoms with Gasteiger partial charge in [-0.2, -0.15) is 20.2 Å². The molecule has 5 rings (SSSR count). The predicted molar refractivity (Wildman–Crippen MR) is 175 cm³/mol. The molecule has 240 valence electrons. The highest BCUT2D eigenvalue weighted by atomic mass is 32.2. The Bertz CT molecular complexity index is 1900. The van der Waals surface area contributed by atoms with Crippen LogP contribution in [0.25, 0.3) is 0 Å². The Hall–Kier alpha value is -5.10. The molecule has 0 bridgehead atoms. The molecule has 0 aliphatic carbocycles. The number of rotatable bonds is 12. The minimum absolute atomic E-state index is 0.138. The molecule has 17 heteroatoms. The smallest absolute Gasteiger partial charge is 0.240 e. The van der Waals surface area contributed by atoms with E-state index in [1.807, 2.05) is 0 Å². The van der Waals surface area contributed by atoms with Crippen LogP contribution in [0.3, 0.4) is 0 Å². The first kappa shape index (κ1) is 32.3. The fourth-order valence-electron chi connectivity index (χ4n) is 4.12. The van der Waals surface area contributed by atoms with Crippen LogP contribution in [0.2, 0.25) is 0 Å². The van der Waals surface area contributed by atoms with Crippen molar-refractivity contribution in [2.75, 3.05) is 37.1 Å². The number of benzene rings is 3. The third kappa shape index (κ3) is 7.57. The van der Waals surface area contributed by atoms with Gasteiger partial charge in [0.25, 0.3) is 0 Å². The maximum absolute atomic E-state index is 12.1. The van der Waals surface area contributed by atoms with E-state index in [9.17, 15) is 16.8 Å². The van der Waals surface area contributed by atoms with Crippen molar-refractivity contribution in [2.45, 2.75) is 23.6 Å². The number of aromatic nitrogens is 2. The molecule has 0 fully saturated rings. The SMILES string of the molecule is CNS(=O)(=O)c1ccc(C(C)=NNc2cc(NN=C(C)c3ccc(S(=O)(=O)NC)cc3)nc(Nc3ccc4c(c3)OCO4)n2)cc1. The second-order valence-electron chi connectivity index (χ2n) is 9.74. The van der Waals surface area contributed by atoms with Crippen molar-refractivity contribution < 1.29 is 26.3 Å². The van der Waals surface area contributed by atoms with Gasteiger partial charge in [-0.25, -0.2) is 26.3 Å². The Kier molecular flexibility index (Phi) is 9.47. The monoisotopic (exact) mass is 665 g/mol. The van der Waals surface area contributed by atoms with E-state index in [4.69, 9.17) is 9.47 Å². The lowest BCUT2D eigenvalue weighted by Crippen LogP contribution is -2.18. The minimum atomic E-state index is -3.56. The zero-order valence-corrected chi connectivity index (χ0v) is 26.8. The summed E-state index contributed by atoms with van der Waals surface area (Å²) in [6.45, 7) is 3.67. The number of nitrogens with one attached hydrogen (secondary N) is 5. The fourth-order valence-corrected chi connectivity index (χ4v) is 5.58. The number of hydrazone groups is 2. The Labute approximate surface area is 266 Å². The fraction of sp³-hybridized carbons (Fsp3) is 0.172. The molecule has 46 heavy (non-hydrogen) atoms. The van der Waals surface area contributed by atoms with Crippen molar-refractivity contribution in [1.29, 1.82) is 0 Å².